The maximum Gasteiger partial charge on any atom is 0.261 e. The Kier molecular flexibility index (Phi) is 13.1. The summed E-state index contributed by atoms with van der Waals surface area (Å²) in [5.41, 5.74) is 1.62. The van der Waals surface area contributed by atoms with Gasteiger partial charge in [-0.15, -0.1) is 0 Å². The molecule has 3 aromatic carbocycles. The van der Waals surface area contributed by atoms with Crippen LogP contribution in [-0.4, -0.2) is 87.9 Å². The fourth-order valence-electron chi connectivity index (χ4n) is 5.68. The van der Waals surface area contributed by atoms with E-state index in [1.807, 2.05) is 31.2 Å². The highest BCUT2D eigenvalue weighted by Gasteiger charge is 2.30. The number of methoxy groups -OCH3 is 1. The number of hydrogen-bond acceptors (Lipinski definition) is 8. The van der Waals surface area contributed by atoms with E-state index in [4.69, 9.17) is 14.2 Å². The molecule has 3 aromatic rings. The number of carbonyl (C=O) groups excluding carboxylic acids is 1. The molecule has 0 unspecified atom stereocenters. The average molecular weight is 668 g/mol. The second-order valence-electron chi connectivity index (χ2n) is 12.5. The monoisotopic (exact) mass is 667 g/mol. The molecule has 11 heteroatoms. The number of benzene rings is 3. The molecule has 4 rings (SSSR count). The second kappa shape index (κ2) is 17.0. The minimum absolute atomic E-state index is 0.0859. The molecule has 1 amide bonds. The number of anilines is 1. The summed E-state index contributed by atoms with van der Waals surface area (Å²) < 4.78 is 46.9. The van der Waals surface area contributed by atoms with E-state index in [0.29, 0.717) is 25.4 Å². The van der Waals surface area contributed by atoms with Crippen LogP contribution in [0.25, 0.3) is 0 Å². The summed E-state index contributed by atoms with van der Waals surface area (Å²) in [6.45, 7) is 7.84. The quantitative estimate of drug-likeness (QED) is 0.294. The summed E-state index contributed by atoms with van der Waals surface area (Å²) in [5.74, 6) is 0.738. The zero-order valence-electron chi connectivity index (χ0n) is 28.1. The number of aliphatic hydroxyl groups excluding tert-OH is 1. The number of sulfonamides is 1. The topological polar surface area (TPSA) is 118 Å². The van der Waals surface area contributed by atoms with Crippen LogP contribution in [0.4, 0.5) is 5.69 Å². The summed E-state index contributed by atoms with van der Waals surface area (Å²) in [7, 11) is -0.185. The van der Waals surface area contributed by atoms with Crippen molar-refractivity contribution in [1.29, 1.82) is 0 Å². The van der Waals surface area contributed by atoms with Gasteiger partial charge < -0.3 is 24.2 Å². The van der Waals surface area contributed by atoms with Crippen LogP contribution in [0.2, 0.25) is 0 Å². The first-order valence-electron chi connectivity index (χ1n) is 16.2. The lowest BCUT2D eigenvalue weighted by molar-refractivity contribution is -0.0177. The zero-order chi connectivity index (χ0) is 34.0. The van der Waals surface area contributed by atoms with Gasteiger partial charge in [-0.1, -0.05) is 37.3 Å². The van der Waals surface area contributed by atoms with Crippen LogP contribution in [-0.2, 0) is 21.3 Å². The van der Waals surface area contributed by atoms with Crippen LogP contribution >= 0.6 is 0 Å². The van der Waals surface area contributed by atoms with Crippen LogP contribution in [0.3, 0.4) is 0 Å². The minimum Gasteiger partial charge on any atom is -0.497 e. The highest BCUT2D eigenvalue weighted by molar-refractivity contribution is 7.92. The fourth-order valence-corrected chi connectivity index (χ4v) is 6.75. The number of rotatable bonds is 10. The summed E-state index contributed by atoms with van der Waals surface area (Å²) in [5, 5.41) is 10.2. The van der Waals surface area contributed by atoms with Crippen molar-refractivity contribution >= 4 is 21.6 Å². The maximum atomic E-state index is 14.4. The lowest BCUT2D eigenvalue weighted by Crippen LogP contribution is -2.47. The Hall–Kier alpha value is -3.64. The molecule has 1 heterocycles. The largest absolute Gasteiger partial charge is 0.497 e. The van der Waals surface area contributed by atoms with Gasteiger partial charge in [0, 0.05) is 37.8 Å². The van der Waals surface area contributed by atoms with Gasteiger partial charge in [0.15, 0.2) is 0 Å². The first kappa shape index (κ1) is 36.2. The predicted molar refractivity (Wildman–Crippen MR) is 183 cm³/mol. The number of aliphatic hydroxyl groups is 1. The Morgan fingerprint density at radius 1 is 1.06 bits per heavy atom. The van der Waals surface area contributed by atoms with Crippen molar-refractivity contribution in [2.24, 2.45) is 5.92 Å². The number of fused-ring (bicyclic) bond motifs is 1. The van der Waals surface area contributed by atoms with Gasteiger partial charge >= 0.3 is 0 Å². The van der Waals surface area contributed by atoms with Crippen LogP contribution < -0.4 is 14.2 Å². The van der Waals surface area contributed by atoms with Crippen molar-refractivity contribution in [2.45, 2.75) is 69.7 Å². The molecule has 0 radical (unpaired) electrons. The van der Waals surface area contributed by atoms with E-state index in [1.54, 1.807) is 49.3 Å². The van der Waals surface area contributed by atoms with Crippen molar-refractivity contribution in [3.8, 4) is 11.5 Å². The number of nitrogens with one attached hydrogen (secondary N) is 1. The fraction of sp³-hybridized carbons (Fsp3) is 0.472. The first-order chi connectivity index (χ1) is 22.5. The normalized spacial score (nSPS) is 20.5. The van der Waals surface area contributed by atoms with Gasteiger partial charge in [0.25, 0.3) is 15.9 Å². The summed E-state index contributed by atoms with van der Waals surface area (Å²) in [6, 6.07) is 20.3. The molecule has 0 saturated carbocycles. The molecule has 0 bridgehead atoms. The van der Waals surface area contributed by atoms with E-state index in [9.17, 15) is 18.3 Å². The molecule has 47 heavy (non-hydrogen) atoms. The maximum absolute atomic E-state index is 14.4. The summed E-state index contributed by atoms with van der Waals surface area (Å²) in [6.07, 6.45) is 2.14. The Labute approximate surface area is 279 Å². The van der Waals surface area contributed by atoms with E-state index < -0.39 is 16.1 Å². The Bertz CT molecular complexity index is 1540. The number of hydrogen-bond donors (Lipinski definition) is 2. The molecule has 0 saturated heterocycles. The highest BCUT2D eigenvalue weighted by atomic mass is 32.2. The van der Waals surface area contributed by atoms with Gasteiger partial charge in [-0.05, 0) is 88.2 Å². The van der Waals surface area contributed by atoms with E-state index in [0.717, 1.165) is 37.1 Å². The third-order valence-electron chi connectivity index (χ3n) is 8.46. The smallest absolute Gasteiger partial charge is 0.261 e. The molecule has 0 aromatic heterocycles. The van der Waals surface area contributed by atoms with Crippen molar-refractivity contribution in [3.05, 3.63) is 83.9 Å². The lowest BCUT2D eigenvalue weighted by atomic mass is 10.0. The molecule has 0 aliphatic carbocycles. The Morgan fingerprint density at radius 2 is 1.79 bits per heavy atom. The third kappa shape index (κ3) is 10.2. The lowest BCUT2D eigenvalue weighted by Gasteiger charge is -2.36. The molecular weight excluding hydrogens is 618 g/mol. The molecule has 0 fully saturated rings. The third-order valence-corrected chi connectivity index (χ3v) is 9.86. The number of ether oxygens (including phenoxy) is 3. The van der Waals surface area contributed by atoms with Gasteiger partial charge in [0.05, 0.1) is 42.4 Å². The van der Waals surface area contributed by atoms with E-state index in [-0.39, 0.29) is 46.8 Å². The van der Waals surface area contributed by atoms with Crippen molar-refractivity contribution in [3.63, 3.8) is 0 Å². The molecule has 256 valence electrons. The number of amides is 1. The van der Waals surface area contributed by atoms with Crippen LogP contribution in [0.5, 0.6) is 11.5 Å². The molecule has 0 spiro atoms. The zero-order valence-corrected chi connectivity index (χ0v) is 28.9. The Morgan fingerprint density at radius 3 is 2.47 bits per heavy atom. The van der Waals surface area contributed by atoms with E-state index in [2.05, 4.69) is 23.6 Å². The standard InChI is InChI=1S/C36H49N3O7S/c1-26-22-39(27(2)25-40)36(41)33-21-30(37-47(42,43)32-12-7-6-8-13-32)16-19-34(33)46-28(3)11-9-10-20-45-35(26)24-38(4)23-29-14-17-31(44-5)18-15-29/h6-8,12-19,21,26-28,35,37,40H,9-11,20,22-25H2,1-5H3/t26-,27+,28+,35+/m0/s1. The summed E-state index contributed by atoms with van der Waals surface area (Å²) >= 11 is 0. The molecule has 4 atom stereocenters. The second-order valence-corrected chi connectivity index (χ2v) is 14.2. The van der Waals surface area contributed by atoms with Gasteiger partial charge in [-0.2, -0.15) is 0 Å². The van der Waals surface area contributed by atoms with E-state index in [1.165, 1.54) is 18.2 Å². The van der Waals surface area contributed by atoms with Crippen LogP contribution in [0, 0.1) is 5.92 Å². The summed E-state index contributed by atoms with van der Waals surface area (Å²) in [4.78, 5) is 18.3. The van der Waals surface area contributed by atoms with Crippen LogP contribution in [0.15, 0.2) is 77.7 Å². The van der Waals surface area contributed by atoms with Gasteiger partial charge in [-0.25, -0.2) is 8.42 Å². The van der Waals surface area contributed by atoms with Gasteiger partial charge in [0.1, 0.15) is 11.5 Å². The first-order valence-corrected chi connectivity index (χ1v) is 17.7. The molecule has 2 N–H and O–H groups in total. The number of carbonyl (C=O) groups is 1. The average Bonchev–Trinajstić information content (AvgIpc) is 3.06. The van der Waals surface area contributed by atoms with Gasteiger partial charge in [-0.3, -0.25) is 14.4 Å². The molecular formula is C36H49N3O7S. The number of likely N-dealkylation sites (N-methyl/N-ethyl adjacent to an activating group) is 1. The van der Waals surface area contributed by atoms with Crippen molar-refractivity contribution in [1.82, 2.24) is 9.80 Å². The molecule has 10 nitrogen and oxygen atoms in total. The predicted octanol–water partition coefficient (Wildman–Crippen LogP) is 5.42. The number of nitrogens with zero attached hydrogens (tertiary/aromatic N) is 2. The molecule has 1 aliphatic rings. The highest BCUT2D eigenvalue weighted by Crippen LogP contribution is 2.29. The molecule has 1 aliphatic heterocycles. The Balaban J connectivity index is 1.62. The van der Waals surface area contributed by atoms with Crippen molar-refractivity contribution < 1.29 is 32.5 Å². The van der Waals surface area contributed by atoms with Crippen LogP contribution in [0.1, 0.15) is 56.0 Å². The van der Waals surface area contributed by atoms with E-state index >= 15 is 0 Å². The van der Waals surface area contributed by atoms with Gasteiger partial charge in [0.2, 0.25) is 0 Å². The minimum atomic E-state index is -3.89. The SMILES string of the molecule is COc1ccc(CN(C)C[C@H]2OCCCC[C@@H](C)Oc3ccc(NS(=O)(=O)c4ccccc4)cc3C(=O)N([C@H](C)CO)C[C@@H]2C)cc1. The van der Waals surface area contributed by atoms with Crippen molar-refractivity contribution in [2.75, 3.05) is 45.2 Å².